The first-order valence-electron chi connectivity index (χ1n) is 11.7. The first kappa shape index (κ1) is 28.2. The molecule has 40 heavy (non-hydrogen) atoms. The molecule has 4 amide bonds. The van der Waals surface area contributed by atoms with E-state index in [-0.39, 0.29) is 29.4 Å². The Balaban J connectivity index is 1.56. The minimum Gasteiger partial charge on any atom is -0.490 e. The molecule has 1 aliphatic heterocycles. The molecule has 0 aliphatic carbocycles. The summed E-state index contributed by atoms with van der Waals surface area (Å²) in [5.41, 5.74) is 0.731. The van der Waals surface area contributed by atoms with Crippen molar-refractivity contribution in [3.05, 3.63) is 103 Å². The molecule has 1 aliphatic rings. The molecular weight excluding hydrogens is 633 g/mol. The van der Waals surface area contributed by atoms with Crippen LogP contribution in [0.1, 0.15) is 18.1 Å². The predicted octanol–water partition coefficient (Wildman–Crippen LogP) is 4.88. The van der Waals surface area contributed by atoms with Gasteiger partial charge in [-0.25, -0.2) is 14.5 Å². The van der Waals surface area contributed by atoms with E-state index in [0.717, 1.165) is 14.5 Å². The second-order valence-electron chi connectivity index (χ2n) is 8.18. The Morgan fingerprint density at radius 2 is 1.77 bits per heavy atom. The van der Waals surface area contributed by atoms with Gasteiger partial charge in [-0.1, -0.05) is 18.2 Å². The number of carbonyl (C=O) groups excluding carboxylic acids is 4. The molecule has 0 atom stereocenters. The Morgan fingerprint density at radius 1 is 1.02 bits per heavy atom. The lowest BCUT2D eigenvalue weighted by Crippen LogP contribution is -2.54. The number of non-ortho nitro benzene ring substituents is 1. The van der Waals surface area contributed by atoms with E-state index in [0.29, 0.717) is 16.8 Å². The zero-order valence-electron chi connectivity index (χ0n) is 20.8. The molecule has 1 fully saturated rings. The number of nitrogens with zero attached hydrogens (tertiary/aromatic N) is 2. The van der Waals surface area contributed by atoms with Gasteiger partial charge in [0.15, 0.2) is 11.5 Å². The van der Waals surface area contributed by atoms with Crippen molar-refractivity contribution >= 4 is 69.9 Å². The summed E-state index contributed by atoms with van der Waals surface area (Å²) in [6.45, 7) is 1.95. The van der Waals surface area contributed by atoms with Crippen LogP contribution in [0.5, 0.6) is 11.5 Å². The van der Waals surface area contributed by atoms with Gasteiger partial charge in [-0.05, 0) is 89.2 Å². The van der Waals surface area contributed by atoms with Crippen molar-refractivity contribution in [3.63, 3.8) is 0 Å². The Morgan fingerprint density at radius 3 is 2.48 bits per heavy atom. The molecule has 1 saturated heterocycles. The van der Waals surface area contributed by atoms with E-state index in [9.17, 15) is 29.3 Å². The van der Waals surface area contributed by atoms with Gasteiger partial charge in [0.25, 0.3) is 17.5 Å². The van der Waals surface area contributed by atoms with Gasteiger partial charge in [0.05, 0.1) is 17.2 Å². The summed E-state index contributed by atoms with van der Waals surface area (Å²) < 4.78 is 11.9. The van der Waals surface area contributed by atoms with Gasteiger partial charge in [-0.2, -0.15) is 0 Å². The fourth-order valence-corrected chi connectivity index (χ4v) is 4.02. The quantitative estimate of drug-likeness (QED) is 0.0689. The molecule has 3 aromatic carbocycles. The third-order valence-electron chi connectivity index (χ3n) is 5.47. The average Bonchev–Trinajstić information content (AvgIpc) is 2.92. The highest BCUT2D eigenvalue weighted by molar-refractivity contribution is 14.1. The van der Waals surface area contributed by atoms with Gasteiger partial charge in [-0.3, -0.25) is 25.0 Å². The van der Waals surface area contributed by atoms with Gasteiger partial charge in [0.1, 0.15) is 5.57 Å². The highest BCUT2D eigenvalue weighted by Gasteiger charge is 2.36. The molecule has 0 spiro atoms. The monoisotopic (exact) mass is 653 g/mol. The molecule has 1 N–H and O–H groups in total. The van der Waals surface area contributed by atoms with Gasteiger partial charge >= 0.3 is 12.0 Å². The molecule has 3 aromatic rings. The summed E-state index contributed by atoms with van der Waals surface area (Å²) in [7, 11) is 0. The number of anilines is 1. The molecule has 4 rings (SSSR count). The first-order valence-corrected chi connectivity index (χ1v) is 12.8. The van der Waals surface area contributed by atoms with Crippen LogP contribution in [0, 0.1) is 13.7 Å². The van der Waals surface area contributed by atoms with Crippen molar-refractivity contribution in [3.8, 4) is 11.5 Å². The molecule has 202 valence electrons. The highest BCUT2D eigenvalue weighted by Crippen LogP contribution is 2.31. The van der Waals surface area contributed by atoms with Gasteiger partial charge < -0.3 is 9.47 Å². The van der Waals surface area contributed by atoms with E-state index in [1.165, 1.54) is 48.6 Å². The Labute approximate surface area is 241 Å². The van der Waals surface area contributed by atoms with Gasteiger partial charge in [-0.15, -0.1) is 0 Å². The maximum absolute atomic E-state index is 13.1. The number of benzene rings is 3. The lowest BCUT2D eigenvalue weighted by atomic mass is 10.1. The number of nitro benzene ring substituents is 1. The number of nitrogens with one attached hydrogen (secondary N) is 1. The SMILES string of the molecule is CCOc1cc(/C=C2\C(=O)NC(=O)N(c3ccc(I)cc3)C2=O)ccc1OC(=O)/C=C/c1cccc([N+](=O)[O-])c1. The number of nitro groups is 1. The van der Waals surface area contributed by atoms with Crippen LogP contribution in [0.15, 0.2) is 78.4 Å². The van der Waals surface area contributed by atoms with E-state index >= 15 is 0 Å². The number of ether oxygens (including phenoxy) is 2. The zero-order chi connectivity index (χ0) is 28.8. The van der Waals surface area contributed by atoms with Crippen molar-refractivity contribution < 1.29 is 33.6 Å². The van der Waals surface area contributed by atoms with E-state index in [1.54, 1.807) is 37.3 Å². The zero-order valence-corrected chi connectivity index (χ0v) is 23.0. The lowest BCUT2D eigenvalue weighted by Gasteiger charge is -2.26. The third kappa shape index (κ3) is 6.58. The molecule has 1 heterocycles. The molecule has 11 nitrogen and oxygen atoms in total. The molecule has 0 bridgehead atoms. The van der Waals surface area contributed by atoms with E-state index in [1.807, 2.05) is 0 Å². The van der Waals surface area contributed by atoms with Crippen molar-refractivity contribution in [2.24, 2.45) is 0 Å². The Hall–Kier alpha value is -4.85. The first-order chi connectivity index (χ1) is 19.2. The smallest absolute Gasteiger partial charge is 0.336 e. The number of hydrogen-bond acceptors (Lipinski definition) is 8. The molecule has 0 unspecified atom stereocenters. The number of carbonyl (C=O) groups is 4. The maximum Gasteiger partial charge on any atom is 0.336 e. The van der Waals surface area contributed by atoms with Crippen LogP contribution in [-0.4, -0.2) is 35.3 Å². The van der Waals surface area contributed by atoms with Crippen molar-refractivity contribution in [2.45, 2.75) is 6.92 Å². The number of esters is 1. The fourth-order valence-electron chi connectivity index (χ4n) is 3.66. The highest BCUT2D eigenvalue weighted by atomic mass is 127. The van der Waals surface area contributed by atoms with Gasteiger partial charge in [0.2, 0.25) is 0 Å². The molecule has 0 saturated carbocycles. The number of urea groups is 1. The van der Waals surface area contributed by atoms with Gasteiger partial charge in [0, 0.05) is 21.8 Å². The van der Waals surface area contributed by atoms with E-state index in [4.69, 9.17) is 9.47 Å². The number of imide groups is 2. The summed E-state index contributed by atoms with van der Waals surface area (Å²) in [5, 5.41) is 13.1. The number of amides is 4. The summed E-state index contributed by atoms with van der Waals surface area (Å²) in [6, 6.07) is 15.9. The summed E-state index contributed by atoms with van der Waals surface area (Å²) >= 11 is 2.09. The fraction of sp³-hybridized carbons (Fsp3) is 0.0714. The normalized spacial score (nSPS) is 14.4. The minimum atomic E-state index is -0.858. The Bertz CT molecular complexity index is 1580. The molecular formula is C28H20IN3O8. The van der Waals surface area contributed by atoms with Crippen LogP contribution in [0.4, 0.5) is 16.2 Å². The predicted molar refractivity (Wildman–Crippen MR) is 154 cm³/mol. The topological polar surface area (TPSA) is 145 Å². The van der Waals surface area contributed by atoms with Crippen molar-refractivity contribution in [2.75, 3.05) is 11.5 Å². The molecule has 0 radical (unpaired) electrons. The third-order valence-corrected chi connectivity index (χ3v) is 6.19. The van der Waals surface area contributed by atoms with Crippen LogP contribution >= 0.6 is 22.6 Å². The van der Waals surface area contributed by atoms with E-state index < -0.39 is 28.7 Å². The van der Waals surface area contributed by atoms with Crippen LogP contribution in [0.2, 0.25) is 0 Å². The maximum atomic E-state index is 13.1. The summed E-state index contributed by atoms with van der Waals surface area (Å²) in [6.07, 6.45) is 3.80. The minimum absolute atomic E-state index is 0.0767. The standard InChI is InChI=1S/C28H20IN3O8/c1-2-39-24-16-18(6-12-23(24)40-25(33)13-7-17-4-3-5-21(14-17)32(37)38)15-22-26(34)30-28(36)31(27(22)35)20-10-8-19(29)9-11-20/h3-16H,2H2,1H3,(H,30,34,36)/b13-7+,22-15+. The van der Waals surface area contributed by atoms with Crippen LogP contribution < -0.4 is 19.7 Å². The average molecular weight is 653 g/mol. The molecule has 12 heteroatoms. The van der Waals surface area contributed by atoms with E-state index in [2.05, 4.69) is 27.9 Å². The summed E-state index contributed by atoms with van der Waals surface area (Å²) in [4.78, 5) is 61.8. The second kappa shape index (κ2) is 12.3. The Kier molecular flexibility index (Phi) is 8.69. The van der Waals surface area contributed by atoms with Crippen molar-refractivity contribution in [1.29, 1.82) is 0 Å². The summed E-state index contributed by atoms with van der Waals surface area (Å²) in [5.74, 6) is -2.16. The second-order valence-corrected chi connectivity index (χ2v) is 9.43. The van der Waals surface area contributed by atoms with Crippen LogP contribution in [0.3, 0.4) is 0 Å². The van der Waals surface area contributed by atoms with Crippen LogP contribution in [0.25, 0.3) is 12.2 Å². The number of halogens is 1. The van der Waals surface area contributed by atoms with Crippen molar-refractivity contribution in [1.82, 2.24) is 5.32 Å². The lowest BCUT2D eigenvalue weighted by molar-refractivity contribution is -0.384. The largest absolute Gasteiger partial charge is 0.490 e. The number of barbiturate groups is 1. The molecule has 0 aromatic heterocycles. The number of hydrogen-bond donors (Lipinski definition) is 1. The van der Waals surface area contributed by atoms with Crippen LogP contribution in [-0.2, 0) is 14.4 Å². The number of rotatable bonds is 8.